The van der Waals surface area contributed by atoms with Crippen molar-refractivity contribution in [3.63, 3.8) is 0 Å². The minimum absolute atomic E-state index is 0.0223. The quantitative estimate of drug-likeness (QED) is 0.794. The fourth-order valence-electron chi connectivity index (χ4n) is 2.08. The van der Waals surface area contributed by atoms with Gasteiger partial charge in [-0.2, -0.15) is 0 Å². The van der Waals surface area contributed by atoms with Crippen LogP contribution in [0.1, 0.15) is 34.6 Å². The summed E-state index contributed by atoms with van der Waals surface area (Å²) < 4.78 is 0. The number of aromatic nitrogens is 1. The lowest BCUT2D eigenvalue weighted by atomic mass is 10.0. The van der Waals surface area contributed by atoms with Crippen LogP contribution in [-0.2, 0) is 0 Å². The molecule has 0 radical (unpaired) electrons. The smallest absolute Gasteiger partial charge is 0.267 e. The number of anilines is 2. The van der Waals surface area contributed by atoms with Crippen LogP contribution in [0.25, 0.3) is 0 Å². The number of hydrogen-bond donors (Lipinski definition) is 3. The first-order valence-electron chi connectivity index (χ1n) is 6.37. The second-order valence-corrected chi connectivity index (χ2v) is 4.72. The van der Waals surface area contributed by atoms with Crippen LogP contribution >= 0.6 is 0 Å². The van der Waals surface area contributed by atoms with Crippen LogP contribution < -0.4 is 16.8 Å². The Balaban J connectivity index is 2.28. The summed E-state index contributed by atoms with van der Waals surface area (Å²) in [6.07, 6.45) is 0. The van der Waals surface area contributed by atoms with E-state index < -0.39 is 5.91 Å². The number of nitrogens with two attached hydrogens (primary N) is 2. The number of nitrogen functional groups attached to an aromatic ring is 1. The van der Waals surface area contributed by atoms with Gasteiger partial charge in [0.1, 0.15) is 5.69 Å². The Morgan fingerprint density at radius 2 is 1.95 bits per heavy atom. The number of nitrogens with one attached hydrogen (secondary N) is 1. The van der Waals surface area contributed by atoms with E-state index in [9.17, 15) is 4.79 Å². The summed E-state index contributed by atoms with van der Waals surface area (Å²) >= 11 is 0. The molecule has 1 amide bonds. The Kier molecular flexibility index (Phi) is 3.89. The number of primary amides is 1. The van der Waals surface area contributed by atoms with Gasteiger partial charge in [-0.05, 0) is 37.1 Å². The van der Waals surface area contributed by atoms with Crippen LogP contribution in [0.3, 0.4) is 0 Å². The molecule has 20 heavy (non-hydrogen) atoms. The number of hydrogen-bond acceptors (Lipinski definition) is 4. The van der Waals surface area contributed by atoms with Crippen molar-refractivity contribution in [3.05, 3.63) is 53.2 Å². The number of benzene rings is 1. The number of carbonyl (C=O) groups is 1. The van der Waals surface area contributed by atoms with E-state index in [0.717, 1.165) is 5.56 Å². The molecule has 1 unspecified atom stereocenters. The van der Waals surface area contributed by atoms with Crippen molar-refractivity contribution in [1.82, 2.24) is 4.98 Å². The molecule has 0 saturated heterocycles. The van der Waals surface area contributed by atoms with Gasteiger partial charge in [-0.3, -0.25) is 4.79 Å². The van der Waals surface area contributed by atoms with Crippen LogP contribution in [0.2, 0.25) is 0 Å². The molecule has 104 valence electrons. The highest BCUT2D eigenvalue weighted by Crippen LogP contribution is 2.24. The van der Waals surface area contributed by atoms with Crippen LogP contribution in [0.4, 0.5) is 11.5 Å². The minimum Gasteiger partial charge on any atom is -0.396 e. The van der Waals surface area contributed by atoms with Gasteiger partial charge in [0, 0.05) is 0 Å². The Bertz CT molecular complexity index is 640. The van der Waals surface area contributed by atoms with E-state index in [0.29, 0.717) is 11.5 Å². The second-order valence-electron chi connectivity index (χ2n) is 4.72. The Morgan fingerprint density at radius 1 is 1.25 bits per heavy atom. The molecule has 0 aliphatic heterocycles. The molecule has 1 heterocycles. The molecule has 0 saturated carbocycles. The first kappa shape index (κ1) is 13.9. The standard InChI is InChI=1S/C15H18N4O/c1-9-5-3-4-6-11(9)10(2)18-15-12(16)7-8-13(19-15)14(17)20/h3-8,10H,16H2,1-2H3,(H2,17,20)(H,18,19). The third-order valence-corrected chi connectivity index (χ3v) is 3.19. The third-order valence-electron chi connectivity index (χ3n) is 3.19. The van der Waals surface area contributed by atoms with Crippen molar-refractivity contribution in [2.24, 2.45) is 5.73 Å². The Morgan fingerprint density at radius 3 is 2.60 bits per heavy atom. The van der Waals surface area contributed by atoms with Crippen molar-refractivity contribution in [2.45, 2.75) is 19.9 Å². The molecule has 5 nitrogen and oxygen atoms in total. The van der Waals surface area contributed by atoms with E-state index in [1.165, 1.54) is 11.6 Å². The maximum atomic E-state index is 11.2. The second kappa shape index (κ2) is 5.61. The van der Waals surface area contributed by atoms with Gasteiger partial charge in [0.15, 0.2) is 5.82 Å². The first-order valence-corrected chi connectivity index (χ1v) is 6.37. The van der Waals surface area contributed by atoms with E-state index in [1.807, 2.05) is 38.1 Å². The van der Waals surface area contributed by atoms with Crippen LogP contribution in [-0.4, -0.2) is 10.9 Å². The summed E-state index contributed by atoms with van der Waals surface area (Å²) in [4.78, 5) is 15.3. The largest absolute Gasteiger partial charge is 0.396 e. The van der Waals surface area contributed by atoms with Gasteiger partial charge >= 0.3 is 0 Å². The van der Waals surface area contributed by atoms with E-state index in [2.05, 4.69) is 10.3 Å². The number of aryl methyl sites for hydroxylation is 1. The average Bonchev–Trinajstić information content (AvgIpc) is 2.41. The highest BCUT2D eigenvalue weighted by Gasteiger charge is 2.12. The molecule has 0 bridgehead atoms. The number of carbonyl (C=O) groups excluding carboxylic acids is 1. The lowest BCUT2D eigenvalue weighted by Crippen LogP contribution is -2.16. The number of amides is 1. The van der Waals surface area contributed by atoms with Crippen LogP contribution in [0.5, 0.6) is 0 Å². The SMILES string of the molecule is Cc1ccccc1C(C)Nc1nc(C(N)=O)ccc1N. The molecular formula is C15H18N4O. The van der Waals surface area contributed by atoms with E-state index in [1.54, 1.807) is 6.07 Å². The zero-order valence-electron chi connectivity index (χ0n) is 11.6. The molecule has 0 aliphatic rings. The fourth-order valence-corrected chi connectivity index (χ4v) is 2.08. The van der Waals surface area contributed by atoms with Gasteiger partial charge in [-0.25, -0.2) is 4.98 Å². The van der Waals surface area contributed by atoms with Gasteiger partial charge in [-0.1, -0.05) is 24.3 Å². The minimum atomic E-state index is -0.573. The Hall–Kier alpha value is -2.56. The summed E-state index contributed by atoms with van der Waals surface area (Å²) in [6.45, 7) is 4.06. The normalized spacial score (nSPS) is 11.9. The Labute approximate surface area is 118 Å². The summed E-state index contributed by atoms with van der Waals surface area (Å²) in [6, 6.07) is 11.2. The van der Waals surface area contributed by atoms with Crippen molar-refractivity contribution < 1.29 is 4.79 Å². The van der Waals surface area contributed by atoms with Crippen molar-refractivity contribution >= 4 is 17.4 Å². The van der Waals surface area contributed by atoms with Crippen LogP contribution in [0, 0.1) is 6.92 Å². The predicted octanol–water partition coefficient (Wildman–Crippen LogP) is 2.24. The maximum Gasteiger partial charge on any atom is 0.267 e. The van der Waals surface area contributed by atoms with Gasteiger partial charge in [-0.15, -0.1) is 0 Å². The van der Waals surface area contributed by atoms with Crippen LogP contribution in [0.15, 0.2) is 36.4 Å². The summed E-state index contributed by atoms with van der Waals surface area (Å²) in [5.41, 5.74) is 14.1. The van der Waals surface area contributed by atoms with Crippen molar-refractivity contribution in [2.75, 3.05) is 11.1 Å². The highest BCUT2D eigenvalue weighted by molar-refractivity contribution is 5.91. The fraction of sp³-hybridized carbons (Fsp3) is 0.200. The van der Waals surface area contributed by atoms with Gasteiger partial charge in [0.2, 0.25) is 0 Å². The predicted molar refractivity (Wildman–Crippen MR) is 80.4 cm³/mol. The number of pyridine rings is 1. The first-order chi connectivity index (χ1) is 9.49. The van der Waals surface area contributed by atoms with Crippen molar-refractivity contribution in [3.8, 4) is 0 Å². The molecule has 0 fully saturated rings. The molecule has 0 aliphatic carbocycles. The molecule has 5 N–H and O–H groups in total. The van der Waals surface area contributed by atoms with E-state index >= 15 is 0 Å². The maximum absolute atomic E-state index is 11.2. The van der Waals surface area contributed by atoms with E-state index in [4.69, 9.17) is 11.5 Å². The molecule has 1 aromatic heterocycles. The zero-order chi connectivity index (χ0) is 14.7. The molecule has 5 heteroatoms. The summed E-state index contributed by atoms with van der Waals surface area (Å²) in [5.74, 6) is -0.103. The van der Waals surface area contributed by atoms with Gasteiger partial charge < -0.3 is 16.8 Å². The van der Waals surface area contributed by atoms with Gasteiger partial charge in [0.25, 0.3) is 5.91 Å². The zero-order valence-corrected chi connectivity index (χ0v) is 11.6. The molecule has 0 spiro atoms. The molecule has 2 rings (SSSR count). The molecular weight excluding hydrogens is 252 g/mol. The molecule has 1 atom stereocenters. The molecule has 1 aromatic carbocycles. The number of nitrogens with zero attached hydrogens (tertiary/aromatic N) is 1. The summed E-state index contributed by atoms with van der Waals surface area (Å²) in [5, 5.41) is 3.22. The molecule has 2 aromatic rings. The number of rotatable bonds is 4. The topological polar surface area (TPSA) is 94.0 Å². The van der Waals surface area contributed by atoms with Gasteiger partial charge in [0.05, 0.1) is 11.7 Å². The lowest BCUT2D eigenvalue weighted by molar-refractivity contribution is 0.0995. The average molecular weight is 270 g/mol. The van der Waals surface area contributed by atoms with E-state index in [-0.39, 0.29) is 11.7 Å². The third kappa shape index (κ3) is 2.88. The summed E-state index contributed by atoms with van der Waals surface area (Å²) in [7, 11) is 0. The van der Waals surface area contributed by atoms with Crippen molar-refractivity contribution in [1.29, 1.82) is 0 Å². The monoisotopic (exact) mass is 270 g/mol. The highest BCUT2D eigenvalue weighted by atomic mass is 16.1. The lowest BCUT2D eigenvalue weighted by Gasteiger charge is -2.18.